The highest BCUT2D eigenvalue weighted by Gasteiger charge is 2.54. The van der Waals surface area contributed by atoms with Gasteiger partial charge in [-0.1, -0.05) is 11.6 Å². The van der Waals surface area contributed by atoms with Crippen molar-refractivity contribution in [1.82, 2.24) is 10.6 Å². The summed E-state index contributed by atoms with van der Waals surface area (Å²) < 4.78 is 36.5. The fraction of sp³-hybridized carbons (Fsp3) is 0.600. The summed E-state index contributed by atoms with van der Waals surface area (Å²) in [5.74, 6) is -1.93. The fourth-order valence-corrected chi connectivity index (χ4v) is 3.16. The molecular formula is C20H29BClFN2O7. The van der Waals surface area contributed by atoms with Gasteiger partial charge >= 0.3 is 13.2 Å². The third-order valence-corrected chi connectivity index (χ3v) is 5.69. The van der Waals surface area contributed by atoms with Crippen LogP contribution in [0.1, 0.15) is 34.1 Å². The van der Waals surface area contributed by atoms with Crippen LogP contribution in [0.5, 0.6) is 5.75 Å². The third-order valence-electron chi connectivity index (χ3n) is 5.46. The molecular weight excluding hydrogens is 445 g/mol. The van der Waals surface area contributed by atoms with E-state index in [0.717, 1.165) is 6.07 Å². The van der Waals surface area contributed by atoms with Gasteiger partial charge in [0.05, 0.1) is 30.4 Å². The first kappa shape index (κ1) is 26.2. The lowest BCUT2D eigenvalue weighted by Gasteiger charge is -2.32. The van der Waals surface area contributed by atoms with Gasteiger partial charge in [-0.15, -0.1) is 0 Å². The number of carboxylic acid groups (broad SMARTS) is 1. The van der Waals surface area contributed by atoms with E-state index in [9.17, 15) is 14.0 Å². The normalized spacial score (nSPS) is 18.7. The van der Waals surface area contributed by atoms with Crippen LogP contribution in [-0.2, 0) is 18.8 Å². The Labute approximate surface area is 192 Å². The predicted octanol–water partition coefficient (Wildman–Crippen LogP) is 2.65. The van der Waals surface area contributed by atoms with Crippen LogP contribution < -0.4 is 15.4 Å². The molecule has 0 bridgehead atoms. The van der Waals surface area contributed by atoms with Crippen LogP contribution in [0.4, 0.5) is 9.18 Å². The van der Waals surface area contributed by atoms with E-state index in [2.05, 4.69) is 10.6 Å². The third kappa shape index (κ3) is 6.71. The molecule has 1 aliphatic rings. The molecule has 1 aliphatic heterocycles. The summed E-state index contributed by atoms with van der Waals surface area (Å²) in [6.45, 7) is 7.32. The number of amides is 2. The number of halogens is 2. The van der Waals surface area contributed by atoms with Gasteiger partial charge in [-0.2, -0.15) is 0 Å². The molecule has 0 aliphatic carbocycles. The molecule has 1 heterocycles. The molecule has 9 nitrogen and oxygen atoms in total. The van der Waals surface area contributed by atoms with E-state index in [1.807, 2.05) is 27.7 Å². The van der Waals surface area contributed by atoms with Crippen LogP contribution in [0.15, 0.2) is 18.2 Å². The zero-order valence-electron chi connectivity index (χ0n) is 18.7. The Bertz CT molecular complexity index is 811. The van der Waals surface area contributed by atoms with Crippen LogP contribution in [0.2, 0.25) is 5.02 Å². The number of nitrogens with one attached hydrogen (secondary N) is 2. The molecule has 1 aromatic rings. The van der Waals surface area contributed by atoms with Gasteiger partial charge in [0.1, 0.15) is 6.04 Å². The van der Waals surface area contributed by atoms with Crippen molar-refractivity contribution in [3.8, 4) is 5.75 Å². The number of carbonyl (C=O) groups excluding carboxylic acids is 1. The number of benzene rings is 1. The Hall–Kier alpha value is -2.08. The average Bonchev–Trinajstić information content (AvgIpc) is 2.89. The van der Waals surface area contributed by atoms with Crippen LogP contribution in [0, 0.1) is 5.82 Å². The van der Waals surface area contributed by atoms with Gasteiger partial charge in [-0.3, -0.25) is 4.79 Å². The maximum absolute atomic E-state index is 14.0. The largest absolute Gasteiger partial charge is 0.490 e. The number of carbonyl (C=O) groups is 2. The fourth-order valence-electron chi connectivity index (χ4n) is 3.00. The Kier molecular flexibility index (Phi) is 8.75. The van der Waals surface area contributed by atoms with Crippen LogP contribution in [0.25, 0.3) is 0 Å². The summed E-state index contributed by atoms with van der Waals surface area (Å²) in [4.78, 5) is 23.8. The second-order valence-electron chi connectivity index (χ2n) is 8.41. The van der Waals surface area contributed by atoms with Crippen molar-refractivity contribution in [1.29, 1.82) is 0 Å². The van der Waals surface area contributed by atoms with E-state index in [0.29, 0.717) is 0 Å². The Morgan fingerprint density at radius 1 is 1.22 bits per heavy atom. The van der Waals surface area contributed by atoms with Gasteiger partial charge in [0.15, 0.2) is 11.6 Å². The topological polar surface area (TPSA) is 115 Å². The summed E-state index contributed by atoms with van der Waals surface area (Å²) in [5, 5.41) is 14.1. The standard InChI is InChI=1S/C20H29BClFN2O7/c1-19(2)20(3,4)32-21(31-19)16(25-17(26)14(11-29-5)24-18(27)28)8-9-30-15-7-6-12(22)10-13(15)23/h6-7,10,14,16,24H,8-9,11H2,1-5H3,(H,25,26)(H,27,28)/t14-,16-/m1/s1. The number of rotatable bonds is 10. The minimum atomic E-state index is -1.36. The van der Waals surface area contributed by atoms with Crippen molar-refractivity contribution in [2.75, 3.05) is 20.3 Å². The summed E-state index contributed by atoms with van der Waals surface area (Å²) in [5.41, 5.74) is -1.32. The van der Waals surface area contributed by atoms with Gasteiger partial charge in [-0.05, 0) is 45.9 Å². The molecule has 2 rings (SSSR count). The van der Waals surface area contributed by atoms with Crippen LogP contribution >= 0.6 is 11.6 Å². The molecule has 2 atom stereocenters. The van der Waals surface area contributed by atoms with E-state index in [4.69, 9.17) is 35.5 Å². The van der Waals surface area contributed by atoms with Crippen molar-refractivity contribution in [3.05, 3.63) is 29.0 Å². The molecule has 1 fully saturated rings. The molecule has 32 heavy (non-hydrogen) atoms. The molecule has 0 radical (unpaired) electrons. The highest BCUT2D eigenvalue weighted by molar-refractivity contribution is 6.48. The number of ether oxygens (including phenoxy) is 2. The second kappa shape index (κ2) is 10.7. The monoisotopic (exact) mass is 474 g/mol. The first-order valence-electron chi connectivity index (χ1n) is 10.1. The molecule has 1 saturated heterocycles. The van der Waals surface area contributed by atoms with Crippen molar-refractivity contribution in [2.24, 2.45) is 0 Å². The van der Waals surface area contributed by atoms with E-state index < -0.39 is 48.1 Å². The smallest absolute Gasteiger partial charge is 0.481 e. The van der Waals surface area contributed by atoms with Crippen LogP contribution in [0.3, 0.4) is 0 Å². The first-order chi connectivity index (χ1) is 14.9. The molecule has 2 amide bonds. The quantitative estimate of drug-likeness (QED) is 0.447. The minimum Gasteiger partial charge on any atom is -0.490 e. The first-order valence-corrected chi connectivity index (χ1v) is 10.5. The lowest BCUT2D eigenvalue weighted by atomic mass is 9.76. The summed E-state index contributed by atoms with van der Waals surface area (Å²) in [7, 11) is 0.514. The van der Waals surface area contributed by atoms with Gasteiger partial charge in [0.25, 0.3) is 0 Å². The van der Waals surface area contributed by atoms with Gasteiger partial charge < -0.3 is 34.5 Å². The van der Waals surface area contributed by atoms with Gasteiger partial charge in [-0.25, -0.2) is 9.18 Å². The molecule has 0 spiro atoms. The Morgan fingerprint density at radius 2 is 1.84 bits per heavy atom. The van der Waals surface area contributed by atoms with E-state index in [1.165, 1.54) is 19.2 Å². The Balaban J connectivity index is 2.13. The van der Waals surface area contributed by atoms with Gasteiger partial charge in [0, 0.05) is 18.6 Å². The second-order valence-corrected chi connectivity index (χ2v) is 8.85. The average molecular weight is 475 g/mol. The highest BCUT2D eigenvalue weighted by Crippen LogP contribution is 2.38. The van der Waals surface area contributed by atoms with Crippen molar-refractivity contribution in [3.63, 3.8) is 0 Å². The van der Waals surface area contributed by atoms with E-state index >= 15 is 0 Å². The minimum absolute atomic E-state index is 0.0122. The summed E-state index contributed by atoms with van der Waals surface area (Å²) >= 11 is 5.76. The number of hydrogen-bond acceptors (Lipinski definition) is 6. The van der Waals surface area contributed by atoms with Crippen molar-refractivity contribution in [2.45, 2.75) is 57.3 Å². The van der Waals surface area contributed by atoms with Gasteiger partial charge in [0.2, 0.25) is 5.91 Å². The SMILES string of the molecule is COC[C@@H](NC(=O)O)C(=O)N[C@H](CCOc1ccc(Cl)cc1F)B1OC(C)(C)C(C)(C)O1. The molecule has 0 aromatic heterocycles. The molecule has 3 N–H and O–H groups in total. The maximum Gasteiger partial charge on any atom is 0.481 e. The molecule has 0 unspecified atom stereocenters. The van der Waals surface area contributed by atoms with E-state index in [-0.39, 0.29) is 30.4 Å². The summed E-state index contributed by atoms with van der Waals surface area (Å²) in [6.07, 6.45) is -1.17. The molecule has 12 heteroatoms. The van der Waals surface area contributed by atoms with Crippen LogP contribution in [-0.4, -0.2) is 67.7 Å². The van der Waals surface area contributed by atoms with Crippen molar-refractivity contribution < 1.29 is 37.9 Å². The number of methoxy groups -OCH3 is 1. The summed E-state index contributed by atoms with van der Waals surface area (Å²) in [6, 6.07) is 2.90. The molecule has 0 saturated carbocycles. The maximum atomic E-state index is 14.0. The predicted molar refractivity (Wildman–Crippen MR) is 116 cm³/mol. The molecule has 178 valence electrons. The number of hydrogen-bond donors (Lipinski definition) is 3. The lowest BCUT2D eigenvalue weighted by molar-refractivity contribution is -0.124. The zero-order chi connectivity index (χ0) is 24.1. The molecule has 1 aromatic carbocycles. The van der Waals surface area contributed by atoms with Crippen molar-refractivity contribution >= 4 is 30.7 Å². The Morgan fingerprint density at radius 3 is 2.38 bits per heavy atom. The zero-order valence-corrected chi connectivity index (χ0v) is 19.5. The lowest BCUT2D eigenvalue weighted by Crippen LogP contribution is -2.56. The highest BCUT2D eigenvalue weighted by atomic mass is 35.5. The van der Waals surface area contributed by atoms with E-state index in [1.54, 1.807) is 0 Å².